The normalized spacial score (nSPS) is 16.1. The van der Waals surface area contributed by atoms with Crippen LogP contribution in [0.15, 0.2) is 11.2 Å². The van der Waals surface area contributed by atoms with Crippen LogP contribution >= 0.6 is 0 Å². The van der Waals surface area contributed by atoms with Crippen molar-refractivity contribution >= 4 is 11.5 Å². The quantitative estimate of drug-likeness (QED) is 0.810. The first-order chi connectivity index (χ1) is 8.50. The van der Waals surface area contributed by atoms with E-state index >= 15 is 0 Å². The molecular weight excluding hydrogens is 243 g/mol. The molecule has 0 amide bonds. The van der Waals surface area contributed by atoms with E-state index in [9.17, 15) is 13.2 Å². The molecule has 1 heterocycles. The molecule has 0 saturated heterocycles. The van der Waals surface area contributed by atoms with Crippen molar-refractivity contribution in [1.82, 2.24) is 9.97 Å². The summed E-state index contributed by atoms with van der Waals surface area (Å²) in [4.78, 5) is 11.7. The second-order valence-corrected chi connectivity index (χ2v) is 4.26. The molecule has 3 nitrogen and oxygen atoms in total. The predicted molar refractivity (Wildman–Crippen MR) is 62.0 cm³/mol. The third kappa shape index (κ3) is 2.86. The van der Waals surface area contributed by atoms with Gasteiger partial charge in [-0.2, -0.15) is 13.2 Å². The minimum atomic E-state index is -4.45. The Kier molecular flexibility index (Phi) is 3.63. The Morgan fingerprint density at radius 1 is 1.28 bits per heavy atom. The summed E-state index contributed by atoms with van der Waals surface area (Å²) in [6.45, 7) is 1.75. The van der Waals surface area contributed by atoms with Gasteiger partial charge in [0.1, 0.15) is 0 Å². The van der Waals surface area contributed by atoms with Crippen LogP contribution in [0.1, 0.15) is 44.0 Å². The van der Waals surface area contributed by atoms with Gasteiger partial charge in [0.2, 0.25) is 0 Å². The van der Waals surface area contributed by atoms with Gasteiger partial charge in [-0.3, -0.25) is 0 Å². The van der Waals surface area contributed by atoms with Crippen molar-refractivity contribution in [3.8, 4) is 0 Å². The van der Waals surface area contributed by atoms with E-state index in [2.05, 4.69) is 15.0 Å². The third-order valence-electron chi connectivity index (χ3n) is 2.89. The summed E-state index contributed by atoms with van der Waals surface area (Å²) in [5.74, 6) is 0.336. The fraction of sp³-hybridized carbons (Fsp3) is 0.583. The molecule has 0 N–H and O–H groups in total. The van der Waals surface area contributed by atoms with Crippen LogP contribution in [0.4, 0.5) is 19.0 Å². The molecule has 1 aliphatic carbocycles. The van der Waals surface area contributed by atoms with Crippen LogP contribution in [0.3, 0.4) is 0 Å². The zero-order valence-electron chi connectivity index (χ0n) is 10.1. The van der Waals surface area contributed by atoms with E-state index in [0.29, 0.717) is 17.9 Å². The molecule has 0 bridgehead atoms. The summed E-state index contributed by atoms with van der Waals surface area (Å²) in [6.07, 6.45) is 0.701. The fourth-order valence-electron chi connectivity index (χ4n) is 1.93. The van der Waals surface area contributed by atoms with Gasteiger partial charge >= 0.3 is 6.18 Å². The van der Waals surface area contributed by atoms with Crippen LogP contribution < -0.4 is 0 Å². The first-order valence-corrected chi connectivity index (χ1v) is 6.00. The van der Waals surface area contributed by atoms with Crippen LogP contribution in [-0.4, -0.2) is 15.7 Å². The molecule has 0 spiro atoms. The Morgan fingerprint density at radius 2 is 1.94 bits per heavy atom. The lowest BCUT2D eigenvalue weighted by Crippen LogP contribution is -2.10. The van der Waals surface area contributed by atoms with Gasteiger partial charge in [0.25, 0.3) is 0 Å². The largest absolute Gasteiger partial charge is 0.434 e. The van der Waals surface area contributed by atoms with E-state index in [1.54, 1.807) is 6.92 Å². The zero-order valence-corrected chi connectivity index (χ0v) is 10.1. The Morgan fingerprint density at radius 3 is 2.50 bits per heavy atom. The first-order valence-electron chi connectivity index (χ1n) is 6.00. The van der Waals surface area contributed by atoms with E-state index in [-0.39, 0.29) is 0 Å². The molecule has 1 fully saturated rings. The molecule has 0 aliphatic heterocycles. The predicted octanol–water partition coefficient (Wildman–Crippen LogP) is 3.70. The monoisotopic (exact) mass is 257 g/mol. The molecule has 0 unspecified atom stereocenters. The van der Waals surface area contributed by atoms with Crippen molar-refractivity contribution in [2.75, 3.05) is 0 Å². The summed E-state index contributed by atoms with van der Waals surface area (Å²) in [7, 11) is 0. The molecule has 0 atom stereocenters. The van der Waals surface area contributed by atoms with Gasteiger partial charge in [0, 0.05) is 5.71 Å². The van der Waals surface area contributed by atoms with E-state index < -0.39 is 11.9 Å². The number of nitrogens with zero attached hydrogens (tertiary/aromatic N) is 3. The van der Waals surface area contributed by atoms with E-state index in [1.165, 1.54) is 0 Å². The van der Waals surface area contributed by atoms with Crippen molar-refractivity contribution in [2.24, 2.45) is 4.99 Å². The van der Waals surface area contributed by atoms with E-state index in [0.717, 1.165) is 37.6 Å². The zero-order chi connectivity index (χ0) is 13.2. The van der Waals surface area contributed by atoms with Gasteiger partial charge in [0.05, 0.1) is 11.9 Å². The Hall–Kier alpha value is -1.46. The summed E-state index contributed by atoms with van der Waals surface area (Å²) in [6, 6.07) is 0. The molecule has 18 heavy (non-hydrogen) atoms. The van der Waals surface area contributed by atoms with Gasteiger partial charge < -0.3 is 0 Å². The van der Waals surface area contributed by atoms with Gasteiger partial charge in [-0.1, -0.05) is 6.92 Å². The number of hydrogen-bond acceptors (Lipinski definition) is 3. The minimum Gasteiger partial charge on any atom is -0.243 e. The summed E-state index contributed by atoms with van der Waals surface area (Å²) in [5.41, 5.74) is 0.373. The topological polar surface area (TPSA) is 38.1 Å². The van der Waals surface area contributed by atoms with Crippen LogP contribution in [0.2, 0.25) is 0 Å². The van der Waals surface area contributed by atoms with E-state index in [1.807, 2.05) is 0 Å². The minimum absolute atomic E-state index is 0.309. The number of alkyl halides is 3. The maximum atomic E-state index is 12.5. The molecule has 98 valence electrons. The van der Waals surface area contributed by atoms with Crippen LogP contribution in [-0.2, 0) is 12.6 Å². The van der Waals surface area contributed by atoms with Gasteiger partial charge in [-0.25, -0.2) is 15.0 Å². The van der Waals surface area contributed by atoms with Crippen molar-refractivity contribution in [2.45, 2.75) is 45.2 Å². The van der Waals surface area contributed by atoms with E-state index in [4.69, 9.17) is 0 Å². The van der Waals surface area contributed by atoms with Gasteiger partial charge in [-0.05, 0) is 32.1 Å². The smallest absolute Gasteiger partial charge is 0.243 e. The van der Waals surface area contributed by atoms with Crippen LogP contribution in [0.5, 0.6) is 0 Å². The Bertz CT molecular complexity index is 458. The molecular formula is C12H14F3N3. The van der Waals surface area contributed by atoms with Crippen molar-refractivity contribution < 1.29 is 13.2 Å². The fourth-order valence-corrected chi connectivity index (χ4v) is 1.93. The molecule has 1 aliphatic rings. The molecule has 1 aromatic heterocycles. The van der Waals surface area contributed by atoms with Crippen molar-refractivity contribution in [3.05, 3.63) is 17.6 Å². The van der Waals surface area contributed by atoms with Gasteiger partial charge in [-0.15, -0.1) is 0 Å². The average molecular weight is 257 g/mol. The molecule has 0 aromatic carbocycles. The molecule has 1 aromatic rings. The number of aromatic nitrogens is 2. The molecule has 2 rings (SSSR count). The summed E-state index contributed by atoms with van der Waals surface area (Å²) in [5, 5.41) is 0. The Labute approximate surface area is 103 Å². The van der Waals surface area contributed by atoms with Crippen LogP contribution in [0.25, 0.3) is 0 Å². The SMILES string of the molecule is CCc1nc(C(F)(F)F)cnc1N=C1CCCC1. The second kappa shape index (κ2) is 5.04. The number of aliphatic imine (C=N–C) groups is 1. The number of hydrogen-bond donors (Lipinski definition) is 0. The molecule has 1 saturated carbocycles. The second-order valence-electron chi connectivity index (χ2n) is 4.26. The number of halogens is 3. The summed E-state index contributed by atoms with van der Waals surface area (Å²) >= 11 is 0. The molecule has 6 heteroatoms. The maximum Gasteiger partial charge on any atom is 0.434 e. The van der Waals surface area contributed by atoms with Crippen molar-refractivity contribution in [3.63, 3.8) is 0 Å². The van der Waals surface area contributed by atoms with Crippen molar-refractivity contribution in [1.29, 1.82) is 0 Å². The number of aryl methyl sites for hydroxylation is 1. The number of rotatable bonds is 2. The highest BCUT2D eigenvalue weighted by molar-refractivity contribution is 5.88. The lowest BCUT2D eigenvalue weighted by molar-refractivity contribution is -0.141. The van der Waals surface area contributed by atoms with Gasteiger partial charge in [0.15, 0.2) is 11.5 Å². The average Bonchev–Trinajstić information content (AvgIpc) is 2.81. The standard InChI is InChI=1S/C12H14F3N3/c1-2-9-11(17-8-5-3-4-6-8)16-7-10(18-9)12(13,14)15/h7H,2-6H2,1H3. The van der Waals surface area contributed by atoms with Crippen LogP contribution in [0, 0.1) is 0 Å². The molecule has 0 radical (unpaired) electrons. The Balaban J connectivity index is 2.34. The lowest BCUT2D eigenvalue weighted by Gasteiger charge is -2.08. The third-order valence-corrected chi connectivity index (χ3v) is 2.89. The highest BCUT2D eigenvalue weighted by Crippen LogP contribution is 2.29. The highest BCUT2D eigenvalue weighted by atomic mass is 19.4. The maximum absolute atomic E-state index is 12.5. The lowest BCUT2D eigenvalue weighted by atomic mass is 10.3. The first kappa shape index (κ1) is 13.0. The summed E-state index contributed by atoms with van der Waals surface area (Å²) < 4.78 is 37.5. The highest BCUT2D eigenvalue weighted by Gasteiger charge is 2.33.